The number of hydrogen-bond acceptors (Lipinski definition) is 3. The number of aryl methyl sites for hydroxylation is 1. The van der Waals surface area contributed by atoms with Gasteiger partial charge >= 0.3 is 0 Å². The SMILES string of the molecule is Cc1ccc(CC(=O)Nc2ccc(CC(=O)NCCN)cc2)cc1. The van der Waals surface area contributed by atoms with Gasteiger partial charge < -0.3 is 16.4 Å². The van der Waals surface area contributed by atoms with Crippen molar-refractivity contribution in [3.05, 3.63) is 65.2 Å². The number of hydrogen-bond donors (Lipinski definition) is 3. The first-order valence-electron chi connectivity index (χ1n) is 7.98. The normalized spacial score (nSPS) is 10.2. The molecule has 0 aliphatic rings. The molecule has 24 heavy (non-hydrogen) atoms. The highest BCUT2D eigenvalue weighted by molar-refractivity contribution is 5.92. The zero-order valence-corrected chi connectivity index (χ0v) is 13.8. The third-order valence-corrected chi connectivity index (χ3v) is 3.55. The molecule has 0 fully saturated rings. The summed E-state index contributed by atoms with van der Waals surface area (Å²) in [6.07, 6.45) is 0.640. The van der Waals surface area contributed by atoms with Gasteiger partial charge in [-0.3, -0.25) is 9.59 Å². The quantitative estimate of drug-likeness (QED) is 0.726. The second-order valence-electron chi connectivity index (χ2n) is 5.72. The molecule has 0 saturated carbocycles. The lowest BCUT2D eigenvalue weighted by atomic mass is 10.1. The van der Waals surface area contributed by atoms with Crippen LogP contribution in [0.2, 0.25) is 0 Å². The monoisotopic (exact) mass is 325 g/mol. The van der Waals surface area contributed by atoms with Crippen molar-refractivity contribution in [2.24, 2.45) is 5.73 Å². The topological polar surface area (TPSA) is 84.2 Å². The standard InChI is InChI=1S/C19H23N3O2/c1-14-2-4-15(5-3-14)13-19(24)22-17-8-6-16(7-9-17)12-18(23)21-11-10-20/h2-9H,10-13,20H2,1H3,(H,21,23)(H,22,24). The van der Waals surface area contributed by atoms with Gasteiger partial charge in [-0.2, -0.15) is 0 Å². The fourth-order valence-corrected chi connectivity index (χ4v) is 2.26. The van der Waals surface area contributed by atoms with Crippen LogP contribution in [0.4, 0.5) is 5.69 Å². The molecule has 0 aromatic heterocycles. The second kappa shape index (κ2) is 8.84. The van der Waals surface area contributed by atoms with Crippen molar-refractivity contribution in [2.75, 3.05) is 18.4 Å². The molecule has 0 radical (unpaired) electrons. The number of nitrogens with one attached hydrogen (secondary N) is 2. The first-order chi connectivity index (χ1) is 11.6. The summed E-state index contributed by atoms with van der Waals surface area (Å²) >= 11 is 0. The van der Waals surface area contributed by atoms with Crippen molar-refractivity contribution in [3.8, 4) is 0 Å². The van der Waals surface area contributed by atoms with E-state index >= 15 is 0 Å². The number of benzene rings is 2. The van der Waals surface area contributed by atoms with Gasteiger partial charge in [0.25, 0.3) is 0 Å². The van der Waals surface area contributed by atoms with Gasteiger partial charge in [0.15, 0.2) is 0 Å². The predicted octanol–water partition coefficient (Wildman–Crippen LogP) is 1.79. The van der Waals surface area contributed by atoms with Crippen molar-refractivity contribution in [2.45, 2.75) is 19.8 Å². The molecule has 4 N–H and O–H groups in total. The summed E-state index contributed by atoms with van der Waals surface area (Å²) in [6.45, 7) is 2.92. The Morgan fingerprint density at radius 1 is 0.875 bits per heavy atom. The van der Waals surface area contributed by atoms with Crippen LogP contribution in [-0.4, -0.2) is 24.9 Å². The minimum absolute atomic E-state index is 0.0587. The largest absolute Gasteiger partial charge is 0.355 e. The molecular weight excluding hydrogens is 302 g/mol. The lowest BCUT2D eigenvalue weighted by molar-refractivity contribution is -0.120. The zero-order chi connectivity index (χ0) is 17.4. The van der Waals surface area contributed by atoms with Gasteiger partial charge in [-0.05, 0) is 30.2 Å². The summed E-state index contributed by atoms with van der Waals surface area (Å²) in [5, 5.41) is 5.59. The molecule has 5 nitrogen and oxygen atoms in total. The summed E-state index contributed by atoms with van der Waals surface area (Å²) < 4.78 is 0. The van der Waals surface area contributed by atoms with Crippen LogP contribution in [0.5, 0.6) is 0 Å². The molecule has 0 spiro atoms. The van der Waals surface area contributed by atoms with E-state index in [4.69, 9.17) is 5.73 Å². The Labute approximate surface area is 142 Å². The van der Waals surface area contributed by atoms with E-state index in [-0.39, 0.29) is 11.8 Å². The minimum atomic E-state index is -0.0627. The molecule has 2 aromatic carbocycles. The van der Waals surface area contributed by atoms with E-state index in [9.17, 15) is 9.59 Å². The lowest BCUT2D eigenvalue weighted by Gasteiger charge is -2.07. The van der Waals surface area contributed by atoms with E-state index in [0.29, 0.717) is 25.9 Å². The maximum atomic E-state index is 12.1. The zero-order valence-electron chi connectivity index (χ0n) is 13.8. The molecule has 2 amide bonds. The van der Waals surface area contributed by atoms with E-state index < -0.39 is 0 Å². The van der Waals surface area contributed by atoms with Crippen molar-refractivity contribution < 1.29 is 9.59 Å². The van der Waals surface area contributed by atoms with Crippen molar-refractivity contribution >= 4 is 17.5 Å². The van der Waals surface area contributed by atoms with Crippen LogP contribution in [0, 0.1) is 6.92 Å². The van der Waals surface area contributed by atoms with Crippen LogP contribution < -0.4 is 16.4 Å². The highest BCUT2D eigenvalue weighted by Gasteiger charge is 2.06. The van der Waals surface area contributed by atoms with Crippen LogP contribution in [-0.2, 0) is 22.4 Å². The summed E-state index contributed by atoms with van der Waals surface area (Å²) in [5.41, 5.74) is 9.10. The molecule has 0 aliphatic carbocycles. The first kappa shape index (κ1) is 17.7. The van der Waals surface area contributed by atoms with Gasteiger partial charge in [-0.25, -0.2) is 0 Å². The van der Waals surface area contributed by atoms with E-state index in [1.807, 2.05) is 43.3 Å². The molecule has 0 atom stereocenters. The highest BCUT2D eigenvalue weighted by atomic mass is 16.2. The maximum absolute atomic E-state index is 12.1. The fourth-order valence-electron chi connectivity index (χ4n) is 2.26. The third-order valence-electron chi connectivity index (χ3n) is 3.55. The Morgan fingerprint density at radius 3 is 2.00 bits per heavy atom. The molecule has 126 valence electrons. The Kier molecular flexibility index (Phi) is 6.51. The fraction of sp³-hybridized carbons (Fsp3) is 0.263. The number of amides is 2. The third kappa shape index (κ3) is 5.85. The predicted molar refractivity (Wildman–Crippen MR) is 95.7 cm³/mol. The van der Waals surface area contributed by atoms with E-state index in [1.54, 1.807) is 12.1 Å². The molecule has 0 unspecified atom stereocenters. The van der Waals surface area contributed by atoms with Crippen molar-refractivity contribution in [1.29, 1.82) is 0 Å². The number of carbonyl (C=O) groups is 2. The summed E-state index contributed by atoms with van der Waals surface area (Å²) in [4.78, 5) is 23.7. The van der Waals surface area contributed by atoms with Crippen LogP contribution in [0.1, 0.15) is 16.7 Å². The molecule has 2 rings (SSSR count). The molecule has 2 aromatic rings. The average molecular weight is 325 g/mol. The number of nitrogens with two attached hydrogens (primary N) is 1. The molecule has 0 heterocycles. The van der Waals surface area contributed by atoms with Gasteiger partial charge in [0.1, 0.15) is 0 Å². The van der Waals surface area contributed by atoms with Crippen LogP contribution in [0.15, 0.2) is 48.5 Å². The molecule has 5 heteroatoms. The van der Waals surface area contributed by atoms with Gasteiger partial charge in [-0.1, -0.05) is 42.0 Å². The summed E-state index contributed by atoms with van der Waals surface area (Å²) in [5.74, 6) is -0.121. The second-order valence-corrected chi connectivity index (χ2v) is 5.72. The highest BCUT2D eigenvalue weighted by Crippen LogP contribution is 2.11. The first-order valence-corrected chi connectivity index (χ1v) is 7.98. The van der Waals surface area contributed by atoms with E-state index in [2.05, 4.69) is 10.6 Å². The molecule has 0 bridgehead atoms. The maximum Gasteiger partial charge on any atom is 0.228 e. The van der Waals surface area contributed by atoms with Gasteiger partial charge in [-0.15, -0.1) is 0 Å². The number of carbonyl (C=O) groups excluding carboxylic acids is 2. The van der Waals surface area contributed by atoms with E-state index in [0.717, 1.165) is 16.8 Å². The minimum Gasteiger partial charge on any atom is -0.355 e. The molecule has 0 aliphatic heterocycles. The summed E-state index contributed by atoms with van der Waals surface area (Å²) in [6, 6.07) is 15.2. The summed E-state index contributed by atoms with van der Waals surface area (Å²) in [7, 11) is 0. The number of anilines is 1. The Balaban J connectivity index is 1.85. The average Bonchev–Trinajstić information content (AvgIpc) is 2.57. The van der Waals surface area contributed by atoms with E-state index in [1.165, 1.54) is 5.56 Å². The van der Waals surface area contributed by atoms with Gasteiger partial charge in [0.05, 0.1) is 12.8 Å². The van der Waals surface area contributed by atoms with Crippen LogP contribution >= 0.6 is 0 Å². The Morgan fingerprint density at radius 2 is 1.42 bits per heavy atom. The number of rotatable bonds is 7. The molecule has 0 saturated heterocycles. The van der Waals surface area contributed by atoms with Crippen molar-refractivity contribution in [1.82, 2.24) is 5.32 Å². The smallest absolute Gasteiger partial charge is 0.228 e. The lowest BCUT2D eigenvalue weighted by Crippen LogP contribution is -2.30. The molecular formula is C19H23N3O2. The van der Waals surface area contributed by atoms with Gasteiger partial charge in [0.2, 0.25) is 11.8 Å². The van der Waals surface area contributed by atoms with Crippen molar-refractivity contribution in [3.63, 3.8) is 0 Å². The van der Waals surface area contributed by atoms with Gasteiger partial charge in [0, 0.05) is 18.8 Å². The van der Waals surface area contributed by atoms with Crippen LogP contribution in [0.25, 0.3) is 0 Å². The van der Waals surface area contributed by atoms with Crippen LogP contribution in [0.3, 0.4) is 0 Å². The Hall–Kier alpha value is -2.66. The Bertz CT molecular complexity index is 679.